The summed E-state index contributed by atoms with van der Waals surface area (Å²) in [4.78, 5) is 12.2. The molecule has 146 valence electrons. The lowest BCUT2D eigenvalue weighted by molar-refractivity contribution is -0.141. The summed E-state index contributed by atoms with van der Waals surface area (Å²) in [6.45, 7) is 5.76. The fourth-order valence-electron chi connectivity index (χ4n) is 2.68. The number of nitrogens with zero attached hydrogens (tertiary/aromatic N) is 1. The Hall–Kier alpha value is -2.54. The predicted molar refractivity (Wildman–Crippen MR) is 105 cm³/mol. The molecule has 0 aliphatic carbocycles. The molecular weight excluding hydrogens is 366 g/mol. The Morgan fingerprint density at radius 2 is 1.63 bits per heavy atom. The largest absolute Gasteiger partial charge is 0.494 e. The van der Waals surface area contributed by atoms with E-state index >= 15 is 0 Å². The van der Waals surface area contributed by atoms with Gasteiger partial charge >= 0.3 is 5.97 Å². The van der Waals surface area contributed by atoms with Crippen LogP contribution in [-0.4, -0.2) is 34.1 Å². The smallest absolute Gasteiger partial charge is 0.326 e. The first-order valence-corrected chi connectivity index (χ1v) is 10.4. The molecule has 0 atom stereocenters. The van der Waals surface area contributed by atoms with Gasteiger partial charge in [0.15, 0.2) is 0 Å². The molecule has 0 aliphatic heterocycles. The number of hydrogen-bond acceptors (Lipinski definition) is 5. The van der Waals surface area contributed by atoms with Crippen LogP contribution < -0.4 is 9.04 Å². The van der Waals surface area contributed by atoms with E-state index in [-0.39, 0.29) is 18.0 Å². The monoisotopic (exact) mass is 391 g/mol. The van der Waals surface area contributed by atoms with Crippen LogP contribution in [0.5, 0.6) is 5.75 Å². The van der Waals surface area contributed by atoms with Crippen LogP contribution in [0.1, 0.15) is 26.3 Å². The number of esters is 1. The van der Waals surface area contributed by atoms with Crippen molar-refractivity contribution in [1.29, 1.82) is 0 Å². The number of sulfonamides is 1. The second-order valence-corrected chi connectivity index (χ2v) is 7.57. The number of ether oxygens (including phenoxy) is 2. The second kappa shape index (κ2) is 9.41. The van der Waals surface area contributed by atoms with Gasteiger partial charge in [-0.25, -0.2) is 8.42 Å². The molecule has 2 aromatic rings. The maximum Gasteiger partial charge on any atom is 0.326 e. The quantitative estimate of drug-likeness (QED) is 0.613. The maximum absolute atomic E-state index is 13.3. The van der Waals surface area contributed by atoms with E-state index in [4.69, 9.17) is 9.47 Å². The zero-order valence-electron chi connectivity index (χ0n) is 15.8. The van der Waals surface area contributed by atoms with E-state index in [9.17, 15) is 13.2 Å². The van der Waals surface area contributed by atoms with Gasteiger partial charge in [0.25, 0.3) is 10.0 Å². The molecule has 0 saturated carbocycles. The van der Waals surface area contributed by atoms with Crippen molar-refractivity contribution in [3.05, 3.63) is 54.1 Å². The highest BCUT2D eigenvalue weighted by Crippen LogP contribution is 2.28. The summed E-state index contributed by atoms with van der Waals surface area (Å²) in [5.74, 6) is -0.0136. The van der Waals surface area contributed by atoms with Crippen molar-refractivity contribution in [1.82, 2.24) is 0 Å². The van der Waals surface area contributed by atoms with E-state index in [2.05, 4.69) is 0 Å². The highest BCUT2D eigenvalue weighted by molar-refractivity contribution is 7.92. The highest BCUT2D eigenvalue weighted by Gasteiger charge is 2.29. The Morgan fingerprint density at radius 3 is 2.22 bits per heavy atom. The summed E-state index contributed by atoms with van der Waals surface area (Å²) < 4.78 is 38.0. The van der Waals surface area contributed by atoms with E-state index in [1.54, 1.807) is 31.2 Å². The Morgan fingerprint density at radius 1 is 0.963 bits per heavy atom. The third-order valence-corrected chi connectivity index (χ3v) is 5.72. The number of hydrogen-bond donors (Lipinski definition) is 0. The fourth-order valence-corrected chi connectivity index (χ4v) is 4.13. The Kier molecular flexibility index (Phi) is 7.24. The Labute approximate surface area is 160 Å². The number of carbonyl (C=O) groups excluding carboxylic acids is 1. The third-order valence-electron chi connectivity index (χ3n) is 3.94. The molecule has 0 amide bonds. The zero-order chi connectivity index (χ0) is 19.9. The molecule has 0 saturated heterocycles. The first-order chi connectivity index (χ1) is 12.9. The summed E-state index contributed by atoms with van der Waals surface area (Å²) in [5.41, 5.74) is 1.30. The van der Waals surface area contributed by atoms with Gasteiger partial charge in [-0.2, -0.15) is 0 Å². The molecule has 0 aliphatic rings. The molecule has 0 bridgehead atoms. The van der Waals surface area contributed by atoms with Crippen molar-refractivity contribution in [2.45, 2.75) is 32.1 Å². The van der Waals surface area contributed by atoms with Crippen LogP contribution in [0.25, 0.3) is 0 Å². The van der Waals surface area contributed by atoms with Crippen molar-refractivity contribution in [2.24, 2.45) is 0 Å². The van der Waals surface area contributed by atoms with Gasteiger partial charge < -0.3 is 9.47 Å². The molecule has 6 nitrogen and oxygen atoms in total. The number of benzene rings is 2. The molecule has 0 unspecified atom stereocenters. The highest BCUT2D eigenvalue weighted by atomic mass is 32.2. The molecule has 7 heteroatoms. The van der Waals surface area contributed by atoms with E-state index in [0.717, 1.165) is 9.87 Å². The molecular formula is C20H25NO5S. The lowest BCUT2D eigenvalue weighted by atomic mass is 10.1. The number of para-hydroxylation sites is 1. The van der Waals surface area contributed by atoms with Crippen molar-refractivity contribution in [3.8, 4) is 5.75 Å². The minimum absolute atomic E-state index is 0.0844. The van der Waals surface area contributed by atoms with Gasteiger partial charge in [-0.15, -0.1) is 0 Å². The summed E-state index contributed by atoms with van der Waals surface area (Å²) >= 11 is 0. The summed E-state index contributed by atoms with van der Waals surface area (Å²) in [5, 5.41) is 0. The van der Waals surface area contributed by atoms with Gasteiger partial charge in [0.1, 0.15) is 12.3 Å². The van der Waals surface area contributed by atoms with Crippen LogP contribution in [-0.2, 0) is 26.0 Å². The van der Waals surface area contributed by atoms with E-state index in [0.29, 0.717) is 24.5 Å². The van der Waals surface area contributed by atoms with Crippen LogP contribution in [0.2, 0.25) is 0 Å². The first-order valence-electron chi connectivity index (χ1n) is 8.93. The third kappa shape index (κ3) is 5.01. The van der Waals surface area contributed by atoms with Crippen LogP contribution in [0.4, 0.5) is 5.69 Å². The zero-order valence-corrected chi connectivity index (χ0v) is 16.7. The first kappa shape index (κ1) is 20.8. The van der Waals surface area contributed by atoms with Gasteiger partial charge in [0, 0.05) is 0 Å². The van der Waals surface area contributed by atoms with Crippen LogP contribution in [0, 0.1) is 0 Å². The van der Waals surface area contributed by atoms with Crippen LogP contribution in [0.3, 0.4) is 0 Å². The maximum atomic E-state index is 13.3. The number of rotatable bonds is 9. The molecule has 0 fully saturated rings. The van der Waals surface area contributed by atoms with Gasteiger partial charge in [0.2, 0.25) is 0 Å². The van der Waals surface area contributed by atoms with Crippen molar-refractivity contribution < 1.29 is 22.7 Å². The summed E-state index contributed by atoms with van der Waals surface area (Å²) in [7, 11) is -3.95. The predicted octanol–water partition coefficient (Wildman–Crippen LogP) is 3.41. The van der Waals surface area contributed by atoms with Crippen molar-refractivity contribution in [2.75, 3.05) is 24.1 Å². The number of anilines is 1. The molecule has 27 heavy (non-hydrogen) atoms. The van der Waals surface area contributed by atoms with Gasteiger partial charge in [0.05, 0.1) is 23.8 Å². The van der Waals surface area contributed by atoms with Crippen LogP contribution >= 0.6 is 0 Å². The Bertz CT molecular complexity index is 862. The topological polar surface area (TPSA) is 72.9 Å². The molecule has 0 N–H and O–H groups in total. The van der Waals surface area contributed by atoms with Gasteiger partial charge in [-0.3, -0.25) is 9.10 Å². The number of aryl methyl sites for hydroxylation is 1. The van der Waals surface area contributed by atoms with E-state index in [1.165, 1.54) is 12.1 Å². The summed E-state index contributed by atoms with van der Waals surface area (Å²) in [6, 6.07) is 13.3. The minimum Gasteiger partial charge on any atom is -0.494 e. The van der Waals surface area contributed by atoms with Crippen molar-refractivity contribution in [3.63, 3.8) is 0 Å². The molecule has 2 rings (SSSR count). The fraction of sp³-hybridized carbons (Fsp3) is 0.350. The molecule has 0 spiro atoms. The Balaban J connectivity index is 2.49. The molecule has 2 aromatic carbocycles. The normalized spacial score (nSPS) is 11.1. The number of carbonyl (C=O) groups is 1. The van der Waals surface area contributed by atoms with Gasteiger partial charge in [-0.05, 0) is 56.2 Å². The average molecular weight is 391 g/mol. The van der Waals surface area contributed by atoms with Crippen molar-refractivity contribution >= 4 is 21.7 Å². The lowest BCUT2D eigenvalue weighted by Crippen LogP contribution is -2.37. The molecule has 0 radical (unpaired) electrons. The van der Waals surface area contributed by atoms with E-state index in [1.807, 2.05) is 26.0 Å². The summed E-state index contributed by atoms with van der Waals surface area (Å²) in [6.07, 6.45) is 0.633. The van der Waals surface area contributed by atoms with Crippen LogP contribution in [0.15, 0.2) is 53.4 Å². The van der Waals surface area contributed by atoms with Gasteiger partial charge in [-0.1, -0.05) is 25.1 Å². The minimum atomic E-state index is -3.95. The SMILES string of the molecule is CCOC(=O)CN(c1ccccc1CC)S(=O)(=O)c1ccc(OCC)cc1. The molecule has 0 heterocycles. The standard InChI is InChI=1S/C20H25NO5S/c1-4-16-9-7-8-10-19(16)21(15-20(22)26-6-3)27(23,24)18-13-11-17(12-14-18)25-5-2/h7-14H,4-6,15H2,1-3H3. The van der Waals surface area contributed by atoms with E-state index < -0.39 is 16.0 Å². The lowest BCUT2D eigenvalue weighted by Gasteiger charge is -2.25. The average Bonchev–Trinajstić information content (AvgIpc) is 2.67. The second-order valence-electron chi connectivity index (χ2n) is 5.70. The molecule has 0 aromatic heterocycles.